The standard InChI is InChI=1S/C18H22N2O5/c1-2-19-9-13(5-8-16(19)21)17(22)20-10-15(11-20)25-14-6-3-12(4-7-14)18(23)24/h3-4,6-7,13,15H,2,5,8-11H2,1H3,(H,23,24)/t13-/m0/s1. The summed E-state index contributed by atoms with van der Waals surface area (Å²) in [5.41, 5.74) is 0.213. The summed E-state index contributed by atoms with van der Waals surface area (Å²) in [7, 11) is 0. The molecule has 2 aliphatic rings. The summed E-state index contributed by atoms with van der Waals surface area (Å²) < 4.78 is 5.76. The predicted molar refractivity (Wildman–Crippen MR) is 89.4 cm³/mol. The molecule has 0 saturated carbocycles. The van der Waals surface area contributed by atoms with Gasteiger partial charge in [0.2, 0.25) is 11.8 Å². The molecule has 0 unspecified atom stereocenters. The highest BCUT2D eigenvalue weighted by Crippen LogP contribution is 2.24. The fourth-order valence-electron chi connectivity index (χ4n) is 3.24. The van der Waals surface area contributed by atoms with Crippen molar-refractivity contribution < 1.29 is 24.2 Å². The smallest absolute Gasteiger partial charge is 0.335 e. The number of ether oxygens (including phenoxy) is 1. The number of carbonyl (C=O) groups is 3. The molecule has 0 radical (unpaired) electrons. The molecular weight excluding hydrogens is 324 g/mol. The average Bonchev–Trinajstić information content (AvgIpc) is 2.58. The first kappa shape index (κ1) is 17.3. The lowest BCUT2D eigenvalue weighted by atomic mass is 9.94. The Morgan fingerprint density at radius 3 is 2.48 bits per heavy atom. The molecule has 1 aromatic rings. The zero-order valence-corrected chi connectivity index (χ0v) is 14.2. The maximum absolute atomic E-state index is 12.5. The summed E-state index contributed by atoms with van der Waals surface area (Å²) in [5.74, 6) is -0.275. The molecule has 3 rings (SSSR count). The van der Waals surface area contributed by atoms with Crippen LogP contribution in [0.3, 0.4) is 0 Å². The van der Waals surface area contributed by atoms with Crippen LogP contribution in [0.25, 0.3) is 0 Å². The number of amides is 2. The molecule has 0 spiro atoms. The molecule has 0 bridgehead atoms. The molecular formula is C18H22N2O5. The minimum absolute atomic E-state index is 0.0767. The molecule has 7 heteroatoms. The summed E-state index contributed by atoms with van der Waals surface area (Å²) in [5, 5.41) is 8.88. The monoisotopic (exact) mass is 346 g/mol. The number of hydrogen-bond donors (Lipinski definition) is 1. The topological polar surface area (TPSA) is 87.2 Å². The number of piperidine rings is 1. The highest BCUT2D eigenvalue weighted by molar-refractivity contribution is 5.87. The van der Waals surface area contributed by atoms with E-state index in [0.717, 1.165) is 0 Å². The van der Waals surface area contributed by atoms with Crippen molar-refractivity contribution in [2.75, 3.05) is 26.2 Å². The Hall–Kier alpha value is -2.57. The third-order valence-corrected chi connectivity index (χ3v) is 4.79. The second kappa shape index (κ2) is 7.13. The van der Waals surface area contributed by atoms with Crippen LogP contribution in [0.15, 0.2) is 24.3 Å². The van der Waals surface area contributed by atoms with Crippen LogP contribution in [0.4, 0.5) is 0 Å². The number of nitrogens with zero attached hydrogens (tertiary/aromatic N) is 2. The van der Waals surface area contributed by atoms with E-state index >= 15 is 0 Å². The highest BCUT2D eigenvalue weighted by atomic mass is 16.5. The fraction of sp³-hybridized carbons (Fsp3) is 0.500. The van der Waals surface area contributed by atoms with Gasteiger partial charge in [-0.05, 0) is 37.6 Å². The van der Waals surface area contributed by atoms with Gasteiger partial charge >= 0.3 is 5.97 Å². The Morgan fingerprint density at radius 2 is 1.88 bits per heavy atom. The van der Waals surface area contributed by atoms with Gasteiger partial charge in [-0.3, -0.25) is 9.59 Å². The number of carbonyl (C=O) groups excluding carboxylic acids is 2. The number of aromatic carboxylic acids is 1. The lowest BCUT2D eigenvalue weighted by molar-refractivity contribution is -0.149. The average molecular weight is 346 g/mol. The van der Waals surface area contributed by atoms with Crippen LogP contribution in [0, 0.1) is 5.92 Å². The van der Waals surface area contributed by atoms with Gasteiger partial charge in [0.15, 0.2) is 0 Å². The number of rotatable bonds is 5. The molecule has 25 heavy (non-hydrogen) atoms. The lowest BCUT2D eigenvalue weighted by Crippen LogP contribution is -2.59. The van der Waals surface area contributed by atoms with Gasteiger partial charge in [0.25, 0.3) is 0 Å². The summed E-state index contributed by atoms with van der Waals surface area (Å²) >= 11 is 0. The van der Waals surface area contributed by atoms with Gasteiger partial charge in [-0.15, -0.1) is 0 Å². The Kier molecular flexibility index (Phi) is 4.92. The second-order valence-electron chi connectivity index (χ2n) is 6.48. The Morgan fingerprint density at radius 1 is 1.20 bits per heavy atom. The van der Waals surface area contributed by atoms with Crippen molar-refractivity contribution in [2.45, 2.75) is 25.9 Å². The molecule has 2 fully saturated rings. The van der Waals surface area contributed by atoms with E-state index in [0.29, 0.717) is 44.8 Å². The third-order valence-electron chi connectivity index (χ3n) is 4.79. The van der Waals surface area contributed by atoms with E-state index in [2.05, 4.69) is 0 Å². The van der Waals surface area contributed by atoms with Crippen molar-refractivity contribution in [1.82, 2.24) is 9.80 Å². The van der Waals surface area contributed by atoms with Crippen molar-refractivity contribution in [3.8, 4) is 5.75 Å². The van der Waals surface area contributed by atoms with Gasteiger partial charge < -0.3 is 19.6 Å². The molecule has 2 aliphatic heterocycles. The largest absolute Gasteiger partial charge is 0.487 e. The van der Waals surface area contributed by atoms with Crippen LogP contribution >= 0.6 is 0 Å². The second-order valence-corrected chi connectivity index (χ2v) is 6.48. The first-order valence-electron chi connectivity index (χ1n) is 8.54. The van der Waals surface area contributed by atoms with Crippen molar-refractivity contribution >= 4 is 17.8 Å². The molecule has 1 aromatic carbocycles. The first-order valence-corrected chi connectivity index (χ1v) is 8.54. The van der Waals surface area contributed by atoms with Crippen LogP contribution in [0.2, 0.25) is 0 Å². The van der Waals surface area contributed by atoms with Crippen molar-refractivity contribution in [3.05, 3.63) is 29.8 Å². The van der Waals surface area contributed by atoms with E-state index in [1.54, 1.807) is 21.9 Å². The maximum Gasteiger partial charge on any atom is 0.335 e. The SMILES string of the molecule is CCN1C[C@@H](C(=O)N2CC(Oc3ccc(C(=O)O)cc3)C2)CCC1=O. The maximum atomic E-state index is 12.5. The van der Waals surface area contributed by atoms with E-state index in [4.69, 9.17) is 9.84 Å². The first-order chi connectivity index (χ1) is 12.0. The normalized spacial score (nSPS) is 21.0. The molecule has 0 aromatic heterocycles. The fourth-order valence-corrected chi connectivity index (χ4v) is 3.24. The predicted octanol–water partition coefficient (Wildman–Crippen LogP) is 1.23. The van der Waals surface area contributed by atoms with E-state index in [1.807, 2.05) is 6.92 Å². The number of carboxylic acids is 1. The number of carboxylic acid groups (broad SMARTS) is 1. The summed E-state index contributed by atoms with van der Waals surface area (Å²) in [4.78, 5) is 38.6. The van der Waals surface area contributed by atoms with E-state index in [-0.39, 0.29) is 29.4 Å². The molecule has 2 saturated heterocycles. The quantitative estimate of drug-likeness (QED) is 0.866. The molecule has 1 atom stereocenters. The van der Waals surface area contributed by atoms with Crippen LogP contribution in [-0.2, 0) is 9.59 Å². The summed E-state index contributed by atoms with van der Waals surface area (Å²) in [6, 6.07) is 6.24. The zero-order chi connectivity index (χ0) is 18.0. The molecule has 2 amide bonds. The van der Waals surface area contributed by atoms with Crippen LogP contribution in [-0.4, -0.2) is 65.0 Å². The van der Waals surface area contributed by atoms with Crippen LogP contribution < -0.4 is 4.74 Å². The van der Waals surface area contributed by atoms with E-state index in [1.165, 1.54) is 12.1 Å². The lowest BCUT2D eigenvalue weighted by Gasteiger charge is -2.42. The van der Waals surface area contributed by atoms with Crippen molar-refractivity contribution in [3.63, 3.8) is 0 Å². The minimum Gasteiger partial charge on any atom is -0.487 e. The Labute approximate surface area is 146 Å². The van der Waals surface area contributed by atoms with Gasteiger partial charge in [0, 0.05) is 19.5 Å². The molecule has 7 nitrogen and oxygen atoms in total. The highest BCUT2D eigenvalue weighted by Gasteiger charge is 2.38. The molecule has 0 aliphatic carbocycles. The number of likely N-dealkylation sites (tertiary alicyclic amines) is 2. The van der Waals surface area contributed by atoms with E-state index < -0.39 is 5.97 Å². The molecule has 134 valence electrons. The van der Waals surface area contributed by atoms with E-state index in [9.17, 15) is 14.4 Å². The van der Waals surface area contributed by atoms with Gasteiger partial charge in [0.1, 0.15) is 11.9 Å². The zero-order valence-electron chi connectivity index (χ0n) is 14.2. The van der Waals surface area contributed by atoms with Crippen molar-refractivity contribution in [2.24, 2.45) is 5.92 Å². The Bertz CT molecular complexity index is 667. The number of benzene rings is 1. The van der Waals surface area contributed by atoms with Crippen LogP contribution in [0.1, 0.15) is 30.1 Å². The molecule has 2 heterocycles. The third kappa shape index (κ3) is 3.75. The molecule has 1 N–H and O–H groups in total. The number of hydrogen-bond acceptors (Lipinski definition) is 4. The van der Waals surface area contributed by atoms with Gasteiger partial charge in [0.05, 0.1) is 24.6 Å². The van der Waals surface area contributed by atoms with Gasteiger partial charge in [-0.2, -0.15) is 0 Å². The van der Waals surface area contributed by atoms with Gasteiger partial charge in [-0.25, -0.2) is 4.79 Å². The van der Waals surface area contributed by atoms with Crippen LogP contribution in [0.5, 0.6) is 5.75 Å². The minimum atomic E-state index is -0.973. The summed E-state index contributed by atoms with van der Waals surface area (Å²) in [6.45, 7) is 4.12. The summed E-state index contributed by atoms with van der Waals surface area (Å²) in [6.07, 6.45) is 0.980. The Balaban J connectivity index is 1.48. The van der Waals surface area contributed by atoms with Gasteiger partial charge in [-0.1, -0.05) is 0 Å². The van der Waals surface area contributed by atoms with Crippen molar-refractivity contribution in [1.29, 1.82) is 0 Å².